The molecule has 0 amide bonds. The first-order valence-electron chi connectivity index (χ1n) is 7.27. The minimum atomic E-state index is 0.532. The van der Waals surface area contributed by atoms with Crippen molar-refractivity contribution >= 4 is 27.2 Å². The highest BCUT2D eigenvalue weighted by atomic mass is 32.1. The van der Waals surface area contributed by atoms with Gasteiger partial charge < -0.3 is 0 Å². The van der Waals surface area contributed by atoms with Gasteiger partial charge in [-0.05, 0) is 30.2 Å². The molecule has 4 rings (SSSR count). The van der Waals surface area contributed by atoms with E-state index in [1.807, 2.05) is 22.8 Å². The standard InChI is InChI=1S/C16H15N5S/c1-10(2)8-14-18-19-16-21(14)20-15(22-16)12-5-6-13-11(9-12)4-3-7-17-13/h3-7,9-10H,8H2,1-2H3. The van der Waals surface area contributed by atoms with Crippen molar-refractivity contribution in [3.63, 3.8) is 0 Å². The topological polar surface area (TPSA) is 56.0 Å². The third-order valence-electron chi connectivity index (χ3n) is 3.50. The molecule has 22 heavy (non-hydrogen) atoms. The zero-order valence-corrected chi connectivity index (χ0v) is 13.2. The Morgan fingerprint density at radius 2 is 2.09 bits per heavy atom. The Morgan fingerprint density at radius 1 is 1.18 bits per heavy atom. The van der Waals surface area contributed by atoms with Gasteiger partial charge in [0.15, 0.2) is 5.82 Å². The molecule has 0 fully saturated rings. The van der Waals surface area contributed by atoms with Gasteiger partial charge in [0.2, 0.25) is 4.96 Å². The monoisotopic (exact) mass is 309 g/mol. The number of nitrogens with zero attached hydrogens (tertiary/aromatic N) is 5. The van der Waals surface area contributed by atoms with Crippen LogP contribution < -0.4 is 0 Å². The Kier molecular flexibility index (Phi) is 3.11. The first-order valence-corrected chi connectivity index (χ1v) is 8.08. The lowest BCUT2D eigenvalue weighted by Crippen LogP contribution is -2.01. The van der Waals surface area contributed by atoms with Crippen molar-refractivity contribution in [3.8, 4) is 10.6 Å². The predicted octanol–water partition coefficient (Wildman–Crippen LogP) is 3.60. The molecule has 0 spiro atoms. The summed E-state index contributed by atoms with van der Waals surface area (Å²) in [6, 6.07) is 10.2. The first-order chi connectivity index (χ1) is 10.7. The third-order valence-corrected chi connectivity index (χ3v) is 4.44. The van der Waals surface area contributed by atoms with Crippen LogP contribution in [-0.2, 0) is 6.42 Å². The van der Waals surface area contributed by atoms with Crippen LogP contribution in [0.25, 0.3) is 26.4 Å². The highest BCUT2D eigenvalue weighted by Crippen LogP contribution is 2.28. The van der Waals surface area contributed by atoms with Crippen LogP contribution in [0.2, 0.25) is 0 Å². The summed E-state index contributed by atoms with van der Waals surface area (Å²) < 4.78 is 1.87. The van der Waals surface area contributed by atoms with E-state index < -0.39 is 0 Å². The minimum Gasteiger partial charge on any atom is -0.256 e. The van der Waals surface area contributed by atoms with E-state index in [0.29, 0.717) is 5.92 Å². The molecular weight excluding hydrogens is 294 g/mol. The molecule has 0 atom stereocenters. The maximum Gasteiger partial charge on any atom is 0.234 e. The predicted molar refractivity (Wildman–Crippen MR) is 87.9 cm³/mol. The molecule has 0 bridgehead atoms. The highest BCUT2D eigenvalue weighted by molar-refractivity contribution is 7.19. The summed E-state index contributed by atoms with van der Waals surface area (Å²) in [5, 5.41) is 15.2. The molecule has 1 aromatic carbocycles. The summed E-state index contributed by atoms with van der Waals surface area (Å²) in [5.41, 5.74) is 2.08. The summed E-state index contributed by atoms with van der Waals surface area (Å²) in [5.74, 6) is 1.46. The molecule has 0 unspecified atom stereocenters. The molecule has 3 aromatic heterocycles. The number of aromatic nitrogens is 5. The fourth-order valence-corrected chi connectivity index (χ4v) is 3.33. The van der Waals surface area contributed by atoms with Crippen molar-refractivity contribution < 1.29 is 0 Å². The van der Waals surface area contributed by atoms with E-state index >= 15 is 0 Å². The number of hydrogen-bond donors (Lipinski definition) is 0. The van der Waals surface area contributed by atoms with Gasteiger partial charge in [0, 0.05) is 23.6 Å². The van der Waals surface area contributed by atoms with E-state index in [9.17, 15) is 0 Å². The van der Waals surface area contributed by atoms with Gasteiger partial charge in [-0.3, -0.25) is 4.98 Å². The number of benzene rings is 1. The van der Waals surface area contributed by atoms with Crippen LogP contribution >= 0.6 is 11.3 Å². The van der Waals surface area contributed by atoms with Gasteiger partial charge >= 0.3 is 0 Å². The van der Waals surface area contributed by atoms with Crippen LogP contribution in [0.4, 0.5) is 0 Å². The van der Waals surface area contributed by atoms with Gasteiger partial charge in [-0.2, -0.15) is 9.61 Å². The van der Waals surface area contributed by atoms with Crippen LogP contribution in [-0.4, -0.2) is 24.8 Å². The molecule has 0 aliphatic carbocycles. The van der Waals surface area contributed by atoms with Gasteiger partial charge in [0.05, 0.1) is 5.52 Å². The molecule has 0 aliphatic heterocycles. The van der Waals surface area contributed by atoms with Crippen molar-refractivity contribution in [3.05, 3.63) is 42.4 Å². The number of hydrogen-bond acceptors (Lipinski definition) is 5. The second-order valence-corrected chi connectivity index (χ2v) is 6.68. The van der Waals surface area contributed by atoms with Crippen molar-refractivity contribution in [1.82, 2.24) is 24.8 Å². The summed E-state index contributed by atoms with van der Waals surface area (Å²) in [6.07, 6.45) is 2.69. The van der Waals surface area contributed by atoms with E-state index in [1.165, 1.54) is 0 Å². The Bertz CT molecular complexity index is 953. The Morgan fingerprint density at radius 3 is 2.95 bits per heavy atom. The third kappa shape index (κ3) is 2.25. The number of rotatable bonds is 3. The van der Waals surface area contributed by atoms with Crippen LogP contribution in [0, 0.1) is 5.92 Å². The van der Waals surface area contributed by atoms with E-state index in [2.05, 4.69) is 47.2 Å². The molecule has 110 valence electrons. The van der Waals surface area contributed by atoms with Crippen LogP contribution in [0.15, 0.2) is 36.5 Å². The molecule has 4 aromatic rings. The maximum absolute atomic E-state index is 4.69. The van der Waals surface area contributed by atoms with Gasteiger partial charge in [-0.1, -0.05) is 31.3 Å². The van der Waals surface area contributed by atoms with E-state index in [-0.39, 0.29) is 0 Å². The Hall–Kier alpha value is -2.34. The van der Waals surface area contributed by atoms with Crippen molar-refractivity contribution in [2.24, 2.45) is 5.92 Å². The minimum absolute atomic E-state index is 0.532. The molecule has 0 N–H and O–H groups in total. The van der Waals surface area contributed by atoms with E-state index in [1.54, 1.807) is 11.3 Å². The van der Waals surface area contributed by atoms with Crippen LogP contribution in [0.1, 0.15) is 19.7 Å². The highest BCUT2D eigenvalue weighted by Gasteiger charge is 2.14. The smallest absolute Gasteiger partial charge is 0.234 e. The Labute approximate surface area is 131 Å². The molecule has 0 aliphatic rings. The summed E-state index contributed by atoms with van der Waals surface area (Å²) in [4.78, 5) is 5.20. The quantitative estimate of drug-likeness (QED) is 0.580. The summed E-state index contributed by atoms with van der Waals surface area (Å²) in [7, 11) is 0. The van der Waals surface area contributed by atoms with E-state index in [4.69, 9.17) is 5.10 Å². The van der Waals surface area contributed by atoms with Gasteiger partial charge in [-0.25, -0.2) is 0 Å². The average Bonchev–Trinajstić information content (AvgIpc) is 3.08. The average molecular weight is 309 g/mol. The molecule has 3 heterocycles. The summed E-state index contributed by atoms with van der Waals surface area (Å²) in [6.45, 7) is 4.34. The normalized spacial score (nSPS) is 11.8. The fraction of sp³-hybridized carbons (Fsp3) is 0.250. The largest absolute Gasteiger partial charge is 0.256 e. The van der Waals surface area contributed by atoms with Gasteiger partial charge in [-0.15, -0.1) is 10.2 Å². The second kappa shape index (κ2) is 5.14. The molecule has 6 heteroatoms. The molecule has 0 radical (unpaired) electrons. The molecule has 0 saturated heterocycles. The zero-order chi connectivity index (χ0) is 15.1. The van der Waals surface area contributed by atoms with Crippen molar-refractivity contribution in [2.45, 2.75) is 20.3 Å². The maximum atomic E-state index is 4.69. The molecular formula is C16H15N5S. The second-order valence-electron chi connectivity index (χ2n) is 5.73. The lowest BCUT2D eigenvalue weighted by atomic mass is 10.1. The molecule has 5 nitrogen and oxygen atoms in total. The van der Waals surface area contributed by atoms with E-state index in [0.717, 1.165) is 38.7 Å². The SMILES string of the molecule is CC(C)Cc1nnc2sc(-c3ccc4ncccc4c3)nn12. The van der Waals surface area contributed by atoms with Crippen molar-refractivity contribution in [1.29, 1.82) is 0 Å². The zero-order valence-electron chi connectivity index (χ0n) is 12.4. The lowest BCUT2D eigenvalue weighted by molar-refractivity contribution is 0.607. The number of pyridine rings is 1. The van der Waals surface area contributed by atoms with Gasteiger partial charge in [0.1, 0.15) is 5.01 Å². The van der Waals surface area contributed by atoms with Crippen LogP contribution in [0.3, 0.4) is 0 Å². The van der Waals surface area contributed by atoms with Crippen molar-refractivity contribution in [2.75, 3.05) is 0 Å². The molecule has 0 saturated carbocycles. The first kappa shape index (κ1) is 13.3. The summed E-state index contributed by atoms with van der Waals surface area (Å²) >= 11 is 1.56. The van der Waals surface area contributed by atoms with Crippen LogP contribution in [0.5, 0.6) is 0 Å². The van der Waals surface area contributed by atoms with Gasteiger partial charge in [0.25, 0.3) is 0 Å². The lowest BCUT2D eigenvalue weighted by Gasteiger charge is -2.00. The Balaban J connectivity index is 1.80. The number of fused-ring (bicyclic) bond motifs is 2. The fourth-order valence-electron chi connectivity index (χ4n) is 2.48.